The van der Waals surface area contributed by atoms with Crippen molar-refractivity contribution >= 4 is 0 Å². The maximum Gasteiger partial charge on any atom is 0.233 e. The minimum Gasteiger partial charge on any atom is -0.475 e. The fourth-order valence-corrected chi connectivity index (χ4v) is 1.05. The summed E-state index contributed by atoms with van der Waals surface area (Å²) in [5.41, 5.74) is 0.995. The lowest BCUT2D eigenvalue weighted by Crippen LogP contribution is -2.19. The van der Waals surface area contributed by atoms with E-state index < -0.39 is 0 Å². The van der Waals surface area contributed by atoms with Crippen molar-refractivity contribution in [1.29, 1.82) is 0 Å². The number of likely N-dealkylation sites (N-methyl/N-ethyl adjacent to an activating group) is 1. The number of rotatable bonds is 5. The third-order valence-electron chi connectivity index (χ3n) is 2.04. The van der Waals surface area contributed by atoms with Gasteiger partial charge in [-0.3, -0.25) is 0 Å². The summed E-state index contributed by atoms with van der Waals surface area (Å²) in [5.74, 6) is 1.01. The van der Waals surface area contributed by atoms with Gasteiger partial charge in [-0.2, -0.15) is 5.10 Å². The van der Waals surface area contributed by atoms with Crippen molar-refractivity contribution in [3.05, 3.63) is 17.8 Å². The fourth-order valence-electron chi connectivity index (χ4n) is 1.05. The lowest BCUT2D eigenvalue weighted by atomic mass is 10.1. The Morgan fingerprint density at radius 2 is 2.00 bits per heavy atom. The molecular weight excluding hydrogens is 190 g/mol. The van der Waals surface area contributed by atoms with Crippen LogP contribution in [0.1, 0.15) is 25.5 Å². The SMILES string of the molecule is CC(C)c1ccc(OCCN(C)C)nn1. The molecule has 84 valence electrons. The van der Waals surface area contributed by atoms with Gasteiger partial charge in [-0.15, -0.1) is 5.10 Å². The minimum absolute atomic E-state index is 0.410. The second-order valence-corrected chi connectivity index (χ2v) is 4.10. The van der Waals surface area contributed by atoms with Gasteiger partial charge in [0.1, 0.15) is 6.61 Å². The third-order valence-corrected chi connectivity index (χ3v) is 2.04. The highest BCUT2D eigenvalue weighted by Gasteiger charge is 2.02. The van der Waals surface area contributed by atoms with Gasteiger partial charge in [-0.1, -0.05) is 13.8 Å². The highest BCUT2D eigenvalue weighted by atomic mass is 16.5. The van der Waals surface area contributed by atoms with Crippen molar-refractivity contribution in [3.8, 4) is 5.88 Å². The van der Waals surface area contributed by atoms with Crippen LogP contribution in [0.4, 0.5) is 0 Å². The highest BCUT2D eigenvalue weighted by molar-refractivity contribution is 5.13. The Balaban J connectivity index is 2.43. The average Bonchev–Trinajstić information content (AvgIpc) is 2.18. The zero-order chi connectivity index (χ0) is 11.3. The van der Waals surface area contributed by atoms with E-state index in [0.717, 1.165) is 12.2 Å². The summed E-state index contributed by atoms with van der Waals surface area (Å²) in [6.45, 7) is 5.71. The first-order valence-corrected chi connectivity index (χ1v) is 5.20. The lowest BCUT2D eigenvalue weighted by Gasteiger charge is -2.10. The Morgan fingerprint density at radius 1 is 1.27 bits per heavy atom. The van der Waals surface area contributed by atoms with Crippen molar-refractivity contribution in [1.82, 2.24) is 15.1 Å². The van der Waals surface area contributed by atoms with E-state index in [2.05, 4.69) is 28.9 Å². The van der Waals surface area contributed by atoms with Gasteiger partial charge in [0.2, 0.25) is 5.88 Å². The summed E-state index contributed by atoms with van der Waals surface area (Å²) < 4.78 is 5.44. The molecular formula is C11H19N3O. The smallest absolute Gasteiger partial charge is 0.233 e. The summed E-state index contributed by atoms with van der Waals surface area (Å²) in [4.78, 5) is 2.07. The molecule has 4 nitrogen and oxygen atoms in total. The van der Waals surface area contributed by atoms with Crippen LogP contribution in [0.3, 0.4) is 0 Å². The molecule has 1 heterocycles. The van der Waals surface area contributed by atoms with Crippen molar-refractivity contribution < 1.29 is 4.74 Å². The van der Waals surface area contributed by atoms with Crippen molar-refractivity contribution in [3.63, 3.8) is 0 Å². The van der Waals surface area contributed by atoms with Crippen molar-refractivity contribution in [2.75, 3.05) is 27.2 Å². The highest BCUT2D eigenvalue weighted by Crippen LogP contribution is 2.12. The number of aromatic nitrogens is 2. The number of hydrogen-bond acceptors (Lipinski definition) is 4. The van der Waals surface area contributed by atoms with Gasteiger partial charge in [-0.25, -0.2) is 0 Å². The zero-order valence-corrected chi connectivity index (χ0v) is 9.90. The molecule has 0 saturated carbocycles. The van der Waals surface area contributed by atoms with Crippen LogP contribution in [0, 0.1) is 0 Å². The van der Waals surface area contributed by atoms with E-state index in [-0.39, 0.29) is 0 Å². The lowest BCUT2D eigenvalue weighted by molar-refractivity contribution is 0.251. The topological polar surface area (TPSA) is 38.2 Å². The van der Waals surface area contributed by atoms with Crippen LogP contribution >= 0.6 is 0 Å². The maximum atomic E-state index is 5.44. The predicted molar refractivity (Wildman–Crippen MR) is 60.2 cm³/mol. The second-order valence-electron chi connectivity index (χ2n) is 4.10. The summed E-state index contributed by atoms with van der Waals surface area (Å²) >= 11 is 0. The molecule has 0 spiro atoms. The Morgan fingerprint density at radius 3 is 2.47 bits per heavy atom. The normalized spacial score (nSPS) is 11.1. The van der Waals surface area contributed by atoms with Gasteiger partial charge < -0.3 is 9.64 Å². The monoisotopic (exact) mass is 209 g/mol. The van der Waals surface area contributed by atoms with Gasteiger partial charge in [0.15, 0.2) is 0 Å². The fraction of sp³-hybridized carbons (Fsp3) is 0.636. The molecule has 0 aliphatic carbocycles. The van der Waals surface area contributed by atoms with Gasteiger partial charge >= 0.3 is 0 Å². The van der Waals surface area contributed by atoms with Crippen LogP contribution in [0.2, 0.25) is 0 Å². The summed E-state index contributed by atoms with van der Waals surface area (Å²) in [5, 5.41) is 8.09. The Bertz CT molecular complexity index is 282. The van der Waals surface area contributed by atoms with E-state index >= 15 is 0 Å². The molecule has 0 N–H and O–H groups in total. The standard InChI is InChI=1S/C11H19N3O/c1-9(2)10-5-6-11(13-12-10)15-8-7-14(3)4/h5-6,9H,7-8H2,1-4H3. The molecule has 0 fully saturated rings. The number of hydrogen-bond donors (Lipinski definition) is 0. The van der Waals surface area contributed by atoms with E-state index in [0.29, 0.717) is 18.4 Å². The van der Waals surface area contributed by atoms with E-state index in [1.165, 1.54) is 0 Å². The van der Waals surface area contributed by atoms with E-state index in [9.17, 15) is 0 Å². The van der Waals surface area contributed by atoms with Gasteiger partial charge in [0.05, 0.1) is 5.69 Å². The van der Waals surface area contributed by atoms with Crippen LogP contribution in [0.25, 0.3) is 0 Å². The molecule has 4 heteroatoms. The van der Waals surface area contributed by atoms with Gasteiger partial charge in [-0.05, 0) is 26.1 Å². The first kappa shape index (κ1) is 11.9. The van der Waals surface area contributed by atoms with Crippen LogP contribution in [0.15, 0.2) is 12.1 Å². The molecule has 1 rings (SSSR count). The number of nitrogens with zero attached hydrogens (tertiary/aromatic N) is 3. The Labute approximate surface area is 91.3 Å². The maximum absolute atomic E-state index is 5.44. The molecule has 0 bridgehead atoms. The van der Waals surface area contributed by atoms with Gasteiger partial charge in [0, 0.05) is 12.6 Å². The molecule has 0 aliphatic rings. The van der Waals surface area contributed by atoms with Crippen molar-refractivity contribution in [2.24, 2.45) is 0 Å². The molecule has 0 aromatic carbocycles. The van der Waals surface area contributed by atoms with Crippen LogP contribution in [-0.2, 0) is 0 Å². The van der Waals surface area contributed by atoms with E-state index in [1.807, 2.05) is 26.2 Å². The molecule has 0 amide bonds. The molecule has 0 unspecified atom stereocenters. The molecule has 1 aromatic heterocycles. The van der Waals surface area contributed by atoms with E-state index in [1.54, 1.807) is 0 Å². The molecule has 0 aliphatic heterocycles. The van der Waals surface area contributed by atoms with Crippen LogP contribution < -0.4 is 4.74 Å². The first-order valence-electron chi connectivity index (χ1n) is 5.20. The van der Waals surface area contributed by atoms with Crippen molar-refractivity contribution in [2.45, 2.75) is 19.8 Å². The molecule has 0 atom stereocenters. The largest absolute Gasteiger partial charge is 0.475 e. The Hall–Kier alpha value is -1.16. The predicted octanol–water partition coefficient (Wildman–Crippen LogP) is 1.54. The average molecular weight is 209 g/mol. The third kappa shape index (κ3) is 4.25. The molecule has 0 saturated heterocycles. The molecule has 1 aromatic rings. The first-order chi connectivity index (χ1) is 7.09. The Kier molecular flexibility index (Phi) is 4.49. The summed E-state index contributed by atoms with van der Waals surface area (Å²) in [7, 11) is 4.02. The zero-order valence-electron chi connectivity index (χ0n) is 9.90. The second kappa shape index (κ2) is 5.66. The summed E-state index contributed by atoms with van der Waals surface area (Å²) in [6.07, 6.45) is 0. The van der Waals surface area contributed by atoms with Gasteiger partial charge in [0.25, 0.3) is 0 Å². The molecule has 0 radical (unpaired) electrons. The quantitative estimate of drug-likeness (QED) is 0.737. The number of ether oxygens (including phenoxy) is 1. The molecule has 15 heavy (non-hydrogen) atoms. The summed E-state index contributed by atoms with van der Waals surface area (Å²) in [6, 6.07) is 3.83. The van der Waals surface area contributed by atoms with Crippen LogP contribution in [0.5, 0.6) is 5.88 Å². The van der Waals surface area contributed by atoms with E-state index in [4.69, 9.17) is 4.74 Å². The minimum atomic E-state index is 0.410. The van der Waals surface area contributed by atoms with Crippen LogP contribution in [-0.4, -0.2) is 42.3 Å².